The molecule has 7 heteroatoms. The maximum Gasteiger partial charge on any atom is 0.245 e. The Balaban J connectivity index is 1.28. The predicted molar refractivity (Wildman–Crippen MR) is 137 cm³/mol. The second-order valence-corrected chi connectivity index (χ2v) is 13.1. The van der Waals surface area contributed by atoms with E-state index < -0.39 is 11.8 Å². The zero-order valence-corrected chi connectivity index (χ0v) is 21.8. The molecule has 6 rings (SSSR count). The van der Waals surface area contributed by atoms with Crippen molar-refractivity contribution in [2.45, 2.75) is 46.0 Å². The molecular weight excluding hydrogens is 472 g/mol. The quantitative estimate of drug-likeness (QED) is 0.296. The molecule has 2 heterocycles. The average Bonchev–Trinajstić information content (AvgIpc) is 3.31. The summed E-state index contributed by atoms with van der Waals surface area (Å²) in [5, 5.41) is 0. The first kappa shape index (κ1) is 24.0. The third kappa shape index (κ3) is 3.10. The first-order valence-electron chi connectivity index (χ1n) is 13.2. The van der Waals surface area contributed by atoms with Crippen molar-refractivity contribution >= 4 is 35.8 Å². The van der Waals surface area contributed by atoms with Crippen LogP contribution in [0.4, 0.5) is 0 Å². The number of hydrogen-bond acceptors (Lipinski definition) is 5. The van der Waals surface area contributed by atoms with Crippen LogP contribution in [0, 0.1) is 58.2 Å². The number of hydrogen-bond donors (Lipinski definition) is 0. The highest BCUT2D eigenvalue weighted by Crippen LogP contribution is 2.60. The lowest BCUT2D eigenvalue weighted by Gasteiger charge is -2.53. The van der Waals surface area contributed by atoms with Gasteiger partial charge in [-0.3, -0.25) is 19.2 Å². The van der Waals surface area contributed by atoms with E-state index in [0.717, 1.165) is 46.4 Å². The summed E-state index contributed by atoms with van der Waals surface area (Å²) < 4.78 is 2.31. The van der Waals surface area contributed by atoms with Crippen LogP contribution in [0.25, 0.3) is 0 Å². The van der Waals surface area contributed by atoms with E-state index in [9.17, 15) is 19.2 Å². The minimum absolute atomic E-state index is 0.0242. The van der Waals surface area contributed by atoms with Crippen LogP contribution in [0.15, 0.2) is 49.6 Å². The van der Waals surface area contributed by atoms with Gasteiger partial charge in [0.05, 0.1) is 24.0 Å². The molecule has 6 nitrogen and oxygen atoms in total. The standard InChI is InChI=1S/C29H34N2O4S/c1-5-9-28(3)11-7-16-13-20(28)19-15-18(16)24(32)30(25(19)33)36-31-26(34)22-17-8-12-29(4,10-6-2)21(14-17)23(22)27(31)35/h5-8,11-12,16-23H,1-2,9-10,13-15H2,3-4H3. The molecule has 2 saturated heterocycles. The van der Waals surface area contributed by atoms with E-state index in [1.807, 2.05) is 12.2 Å². The summed E-state index contributed by atoms with van der Waals surface area (Å²) in [4.78, 5) is 54.6. The molecule has 190 valence electrons. The number of rotatable bonds is 6. The molecule has 2 aliphatic heterocycles. The van der Waals surface area contributed by atoms with Gasteiger partial charge in [0.2, 0.25) is 23.6 Å². The Morgan fingerprint density at radius 2 is 1.31 bits per heavy atom. The lowest BCUT2D eigenvalue weighted by atomic mass is 9.54. The number of allylic oxidation sites excluding steroid dienone is 6. The first-order chi connectivity index (χ1) is 17.1. The van der Waals surface area contributed by atoms with Gasteiger partial charge in [-0.1, -0.05) is 50.3 Å². The van der Waals surface area contributed by atoms with E-state index in [4.69, 9.17) is 0 Å². The number of nitrogens with zero attached hydrogens (tertiary/aromatic N) is 2. The molecule has 4 fully saturated rings. The lowest BCUT2D eigenvalue weighted by molar-refractivity contribution is -0.157. The zero-order chi connectivity index (χ0) is 25.6. The fourth-order valence-corrected chi connectivity index (χ4v) is 9.40. The van der Waals surface area contributed by atoms with E-state index >= 15 is 0 Å². The van der Waals surface area contributed by atoms with Gasteiger partial charge in [0.15, 0.2) is 0 Å². The zero-order valence-electron chi connectivity index (χ0n) is 21.0. The second-order valence-electron chi connectivity index (χ2n) is 12.3. The first-order valence-corrected chi connectivity index (χ1v) is 13.9. The van der Waals surface area contributed by atoms with Crippen molar-refractivity contribution in [1.82, 2.24) is 8.61 Å². The fraction of sp³-hybridized carbons (Fsp3) is 0.586. The summed E-state index contributed by atoms with van der Waals surface area (Å²) in [5.74, 6) is -2.18. The van der Waals surface area contributed by atoms with Gasteiger partial charge in [-0.25, -0.2) is 8.61 Å². The van der Waals surface area contributed by atoms with Gasteiger partial charge in [-0.15, -0.1) is 13.2 Å². The highest BCUT2D eigenvalue weighted by molar-refractivity contribution is 7.96. The van der Waals surface area contributed by atoms with Crippen LogP contribution in [0.5, 0.6) is 0 Å². The largest absolute Gasteiger partial charge is 0.273 e. The van der Waals surface area contributed by atoms with E-state index in [0.29, 0.717) is 6.42 Å². The van der Waals surface area contributed by atoms with Gasteiger partial charge >= 0.3 is 0 Å². The lowest BCUT2D eigenvalue weighted by Crippen LogP contribution is -2.58. The predicted octanol–water partition coefficient (Wildman–Crippen LogP) is 4.72. The summed E-state index contributed by atoms with van der Waals surface area (Å²) >= 11 is 0.758. The van der Waals surface area contributed by atoms with Crippen LogP contribution in [0.1, 0.15) is 46.0 Å². The maximum absolute atomic E-state index is 13.7. The molecule has 0 radical (unpaired) electrons. The van der Waals surface area contributed by atoms with E-state index in [2.05, 4.69) is 51.3 Å². The van der Waals surface area contributed by atoms with Crippen LogP contribution in [0.2, 0.25) is 0 Å². The third-order valence-corrected chi connectivity index (χ3v) is 11.4. The molecule has 4 amide bonds. The van der Waals surface area contributed by atoms with Crippen molar-refractivity contribution in [3.8, 4) is 0 Å². The number of amides is 4. The van der Waals surface area contributed by atoms with Crippen LogP contribution in [0.3, 0.4) is 0 Å². The van der Waals surface area contributed by atoms with Gasteiger partial charge < -0.3 is 0 Å². The molecular formula is C29H34N2O4S. The molecule has 4 aliphatic carbocycles. The smallest absolute Gasteiger partial charge is 0.245 e. The van der Waals surface area contributed by atoms with Crippen molar-refractivity contribution < 1.29 is 19.2 Å². The summed E-state index contributed by atoms with van der Waals surface area (Å²) in [5.41, 5.74) is -0.405. The van der Waals surface area contributed by atoms with Crippen molar-refractivity contribution in [2.75, 3.05) is 0 Å². The van der Waals surface area contributed by atoms with Crippen molar-refractivity contribution in [1.29, 1.82) is 0 Å². The Bertz CT molecular complexity index is 1140. The second kappa shape index (κ2) is 8.04. The number of piperidine rings is 1. The molecule has 6 aliphatic rings. The fourth-order valence-electron chi connectivity index (χ4n) is 8.40. The number of carbonyl (C=O) groups excluding carboxylic acids is 4. The van der Waals surface area contributed by atoms with Crippen LogP contribution in [-0.4, -0.2) is 32.2 Å². The molecule has 0 N–H and O–H groups in total. The minimum Gasteiger partial charge on any atom is -0.273 e. The maximum atomic E-state index is 13.7. The van der Waals surface area contributed by atoms with E-state index in [1.165, 1.54) is 0 Å². The third-order valence-electron chi connectivity index (χ3n) is 10.3. The van der Waals surface area contributed by atoms with Gasteiger partial charge in [0.25, 0.3) is 0 Å². The highest BCUT2D eigenvalue weighted by Gasteiger charge is 2.64. The average molecular weight is 507 g/mol. The van der Waals surface area contributed by atoms with Crippen molar-refractivity contribution in [3.63, 3.8) is 0 Å². The molecule has 10 unspecified atom stereocenters. The molecule has 6 bridgehead atoms. The number of fused-ring (bicyclic) bond motifs is 11. The molecule has 0 aromatic carbocycles. The van der Waals surface area contributed by atoms with E-state index in [1.54, 1.807) is 0 Å². The normalized spacial score (nSPS) is 46.4. The number of carbonyl (C=O) groups is 4. The molecule has 0 aromatic heterocycles. The molecule has 2 saturated carbocycles. The SMILES string of the molecule is C=CCC1(C)C=CC2CC1C1CC2C(=O)N(SN2C(=O)C3C4C=CC(C)(CC=C)C(C4)C3C2=O)C1=O. The van der Waals surface area contributed by atoms with Gasteiger partial charge in [-0.05, 0) is 66.6 Å². The molecule has 0 spiro atoms. The Morgan fingerprint density at radius 1 is 0.778 bits per heavy atom. The molecule has 36 heavy (non-hydrogen) atoms. The summed E-state index contributed by atoms with van der Waals surface area (Å²) in [6.07, 6.45) is 16.0. The summed E-state index contributed by atoms with van der Waals surface area (Å²) in [6.45, 7) is 12.1. The van der Waals surface area contributed by atoms with Crippen molar-refractivity contribution in [3.05, 3.63) is 49.6 Å². The van der Waals surface area contributed by atoms with Crippen molar-refractivity contribution in [2.24, 2.45) is 58.2 Å². The highest BCUT2D eigenvalue weighted by atomic mass is 32.2. The monoisotopic (exact) mass is 506 g/mol. The minimum atomic E-state index is -0.414. The van der Waals surface area contributed by atoms with Crippen LogP contribution >= 0.6 is 12.1 Å². The van der Waals surface area contributed by atoms with Gasteiger partial charge in [0, 0.05) is 11.8 Å². The van der Waals surface area contributed by atoms with Crippen LogP contribution < -0.4 is 0 Å². The number of imide groups is 2. The van der Waals surface area contributed by atoms with Crippen LogP contribution in [-0.2, 0) is 19.2 Å². The Labute approximate surface area is 217 Å². The molecule has 0 aromatic rings. The van der Waals surface area contributed by atoms with Gasteiger partial charge in [-0.2, -0.15) is 0 Å². The Hall–Kier alpha value is -2.41. The topological polar surface area (TPSA) is 74.8 Å². The Morgan fingerprint density at radius 3 is 1.97 bits per heavy atom. The van der Waals surface area contributed by atoms with E-state index in [-0.39, 0.29) is 70.0 Å². The summed E-state index contributed by atoms with van der Waals surface area (Å²) in [6, 6.07) is 0. The summed E-state index contributed by atoms with van der Waals surface area (Å²) in [7, 11) is 0. The van der Waals surface area contributed by atoms with Gasteiger partial charge in [0.1, 0.15) is 0 Å². The molecule has 10 atom stereocenters. The Kier molecular flexibility index (Phi) is 5.35.